The SMILES string of the molecule is CCN1CCCC(NCCC(=O)N2CCCC2)CC1. The highest BCUT2D eigenvalue weighted by molar-refractivity contribution is 5.76. The van der Waals surface area contributed by atoms with Gasteiger partial charge < -0.3 is 15.1 Å². The van der Waals surface area contributed by atoms with Crippen LogP contribution >= 0.6 is 0 Å². The summed E-state index contributed by atoms with van der Waals surface area (Å²) < 4.78 is 0. The van der Waals surface area contributed by atoms with Crippen LogP contribution in [0.4, 0.5) is 0 Å². The van der Waals surface area contributed by atoms with Gasteiger partial charge >= 0.3 is 0 Å². The predicted octanol–water partition coefficient (Wildman–Crippen LogP) is 1.46. The van der Waals surface area contributed by atoms with Gasteiger partial charge in [0.05, 0.1) is 0 Å². The molecule has 110 valence electrons. The highest BCUT2D eigenvalue weighted by atomic mass is 16.2. The van der Waals surface area contributed by atoms with Gasteiger partial charge in [0, 0.05) is 32.1 Å². The molecule has 0 spiro atoms. The Morgan fingerprint density at radius 2 is 1.89 bits per heavy atom. The summed E-state index contributed by atoms with van der Waals surface area (Å²) >= 11 is 0. The predicted molar refractivity (Wildman–Crippen MR) is 78.2 cm³/mol. The van der Waals surface area contributed by atoms with Gasteiger partial charge in [0.25, 0.3) is 0 Å². The van der Waals surface area contributed by atoms with Crippen LogP contribution in [0, 0.1) is 0 Å². The number of hydrogen-bond acceptors (Lipinski definition) is 3. The molecule has 0 radical (unpaired) electrons. The fourth-order valence-corrected chi connectivity index (χ4v) is 3.18. The second-order valence-electron chi connectivity index (χ2n) is 5.85. The molecule has 1 N–H and O–H groups in total. The van der Waals surface area contributed by atoms with Crippen molar-refractivity contribution in [3.8, 4) is 0 Å². The Bertz CT molecular complexity index is 277. The van der Waals surface area contributed by atoms with Crippen molar-refractivity contribution >= 4 is 5.91 Å². The number of rotatable bonds is 5. The molecule has 0 saturated carbocycles. The molecule has 4 heteroatoms. The van der Waals surface area contributed by atoms with Gasteiger partial charge in [-0.05, 0) is 51.7 Å². The number of carbonyl (C=O) groups is 1. The summed E-state index contributed by atoms with van der Waals surface area (Å²) in [5, 5.41) is 3.59. The van der Waals surface area contributed by atoms with Crippen molar-refractivity contribution in [1.82, 2.24) is 15.1 Å². The van der Waals surface area contributed by atoms with E-state index in [9.17, 15) is 4.79 Å². The van der Waals surface area contributed by atoms with E-state index in [1.807, 2.05) is 4.90 Å². The molecule has 2 aliphatic heterocycles. The van der Waals surface area contributed by atoms with Crippen molar-refractivity contribution in [2.24, 2.45) is 0 Å². The molecular formula is C15H29N3O. The van der Waals surface area contributed by atoms with E-state index in [1.54, 1.807) is 0 Å². The Hall–Kier alpha value is -0.610. The molecule has 1 unspecified atom stereocenters. The molecule has 2 rings (SSSR count). The largest absolute Gasteiger partial charge is 0.343 e. The minimum absolute atomic E-state index is 0.341. The molecule has 0 bridgehead atoms. The van der Waals surface area contributed by atoms with Gasteiger partial charge in [0.1, 0.15) is 0 Å². The van der Waals surface area contributed by atoms with E-state index < -0.39 is 0 Å². The second-order valence-corrected chi connectivity index (χ2v) is 5.85. The van der Waals surface area contributed by atoms with E-state index >= 15 is 0 Å². The summed E-state index contributed by atoms with van der Waals surface area (Å²) in [6, 6.07) is 0.614. The molecule has 0 aliphatic carbocycles. The Balaban J connectivity index is 1.61. The van der Waals surface area contributed by atoms with E-state index in [0.29, 0.717) is 18.4 Å². The first-order valence-corrected chi connectivity index (χ1v) is 8.03. The Labute approximate surface area is 117 Å². The van der Waals surface area contributed by atoms with Gasteiger partial charge in [0.2, 0.25) is 5.91 Å². The quantitative estimate of drug-likeness (QED) is 0.819. The minimum atomic E-state index is 0.341. The summed E-state index contributed by atoms with van der Waals surface area (Å²) in [6.45, 7) is 8.66. The van der Waals surface area contributed by atoms with E-state index in [4.69, 9.17) is 0 Å². The number of nitrogens with one attached hydrogen (secondary N) is 1. The summed E-state index contributed by atoms with van der Waals surface area (Å²) in [5.41, 5.74) is 0. The third-order valence-electron chi connectivity index (χ3n) is 4.50. The summed E-state index contributed by atoms with van der Waals surface area (Å²) in [6.07, 6.45) is 6.82. The fraction of sp³-hybridized carbons (Fsp3) is 0.933. The highest BCUT2D eigenvalue weighted by Gasteiger charge is 2.19. The van der Waals surface area contributed by atoms with E-state index in [2.05, 4.69) is 17.1 Å². The topological polar surface area (TPSA) is 35.6 Å². The highest BCUT2D eigenvalue weighted by Crippen LogP contribution is 2.11. The average Bonchev–Trinajstić information content (AvgIpc) is 2.86. The normalized spacial score (nSPS) is 25.5. The number of amides is 1. The van der Waals surface area contributed by atoms with Gasteiger partial charge in [-0.2, -0.15) is 0 Å². The molecule has 0 aromatic rings. The third-order valence-corrected chi connectivity index (χ3v) is 4.50. The molecule has 19 heavy (non-hydrogen) atoms. The lowest BCUT2D eigenvalue weighted by molar-refractivity contribution is -0.130. The molecule has 0 aromatic heterocycles. The first-order chi connectivity index (χ1) is 9.29. The molecule has 2 fully saturated rings. The molecular weight excluding hydrogens is 238 g/mol. The molecule has 4 nitrogen and oxygen atoms in total. The van der Waals surface area contributed by atoms with Crippen LogP contribution in [-0.2, 0) is 4.79 Å². The van der Waals surface area contributed by atoms with Crippen LogP contribution in [0.15, 0.2) is 0 Å². The zero-order chi connectivity index (χ0) is 13.5. The average molecular weight is 267 g/mol. The number of nitrogens with zero attached hydrogens (tertiary/aromatic N) is 2. The molecule has 1 atom stereocenters. The number of likely N-dealkylation sites (tertiary alicyclic amines) is 2. The van der Waals surface area contributed by atoms with E-state index in [-0.39, 0.29) is 0 Å². The maximum absolute atomic E-state index is 11.9. The van der Waals surface area contributed by atoms with Crippen LogP contribution in [0.2, 0.25) is 0 Å². The van der Waals surface area contributed by atoms with Crippen LogP contribution in [0.3, 0.4) is 0 Å². The standard InChI is InChI=1S/C15H29N3O/c1-2-17-10-5-6-14(8-13-17)16-9-7-15(19)18-11-3-4-12-18/h14,16H,2-13H2,1H3. The summed E-state index contributed by atoms with van der Waals surface area (Å²) in [7, 11) is 0. The Kier molecular flexibility index (Phi) is 6.11. The zero-order valence-corrected chi connectivity index (χ0v) is 12.4. The van der Waals surface area contributed by atoms with Crippen LogP contribution in [0.5, 0.6) is 0 Å². The smallest absolute Gasteiger partial charge is 0.223 e. The Morgan fingerprint density at radius 1 is 1.11 bits per heavy atom. The van der Waals surface area contributed by atoms with Gasteiger partial charge in [0.15, 0.2) is 0 Å². The third kappa shape index (κ3) is 4.77. The van der Waals surface area contributed by atoms with Crippen LogP contribution in [-0.4, -0.2) is 61.0 Å². The number of hydrogen-bond donors (Lipinski definition) is 1. The molecule has 2 aliphatic rings. The number of carbonyl (C=O) groups excluding carboxylic acids is 1. The summed E-state index contributed by atoms with van der Waals surface area (Å²) in [4.78, 5) is 16.5. The molecule has 1 amide bonds. The van der Waals surface area contributed by atoms with Gasteiger partial charge in [-0.15, -0.1) is 0 Å². The lowest BCUT2D eigenvalue weighted by Crippen LogP contribution is -2.35. The first kappa shape index (κ1) is 14.8. The maximum atomic E-state index is 11.9. The van der Waals surface area contributed by atoms with Crippen molar-refractivity contribution in [2.75, 3.05) is 39.3 Å². The first-order valence-electron chi connectivity index (χ1n) is 8.03. The van der Waals surface area contributed by atoms with Crippen molar-refractivity contribution < 1.29 is 4.79 Å². The summed E-state index contributed by atoms with van der Waals surface area (Å²) in [5.74, 6) is 0.341. The van der Waals surface area contributed by atoms with Crippen molar-refractivity contribution in [1.29, 1.82) is 0 Å². The molecule has 0 aromatic carbocycles. The monoisotopic (exact) mass is 267 g/mol. The minimum Gasteiger partial charge on any atom is -0.343 e. The van der Waals surface area contributed by atoms with E-state index in [0.717, 1.165) is 19.6 Å². The van der Waals surface area contributed by atoms with Crippen LogP contribution in [0.25, 0.3) is 0 Å². The van der Waals surface area contributed by atoms with Crippen molar-refractivity contribution in [3.05, 3.63) is 0 Å². The van der Waals surface area contributed by atoms with Gasteiger partial charge in [-0.1, -0.05) is 6.92 Å². The lowest BCUT2D eigenvalue weighted by Gasteiger charge is -2.19. The fourth-order valence-electron chi connectivity index (χ4n) is 3.18. The zero-order valence-electron chi connectivity index (χ0n) is 12.4. The van der Waals surface area contributed by atoms with Crippen molar-refractivity contribution in [3.63, 3.8) is 0 Å². The molecule has 2 heterocycles. The second kappa shape index (κ2) is 7.85. The maximum Gasteiger partial charge on any atom is 0.223 e. The van der Waals surface area contributed by atoms with E-state index in [1.165, 1.54) is 51.7 Å². The Morgan fingerprint density at radius 3 is 2.63 bits per heavy atom. The van der Waals surface area contributed by atoms with Gasteiger partial charge in [-0.3, -0.25) is 4.79 Å². The molecule has 2 saturated heterocycles. The van der Waals surface area contributed by atoms with Crippen molar-refractivity contribution in [2.45, 2.75) is 51.5 Å². The van der Waals surface area contributed by atoms with Crippen LogP contribution in [0.1, 0.15) is 45.4 Å². The van der Waals surface area contributed by atoms with Gasteiger partial charge in [-0.25, -0.2) is 0 Å². The lowest BCUT2D eigenvalue weighted by atomic mass is 10.1. The van der Waals surface area contributed by atoms with Crippen LogP contribution < -0.4 is 5.32 Å².